The number of esters is 1. The molecule has 1 amide bonds. The minimum Gasteiger partial charge on any atom is -0.484 e. The van der Waals surface area contributed by atoms with Crippen LogP contribution in [0, 0.1) is 0 Å². The number of rotatable bonds is 11. The number of hydrogen-bond acceptors (Lipinski definition) is 5. The molecule has 0 aromatic heterocycles. The summed E-state index contributed by atoms with van der Waals surface area (Å²) in [6.45, 7) is 3.77. The Bertz CT molecular complexity index is 816. The molecule has 0 spiro atoms. The molecule has 29 heavy (non-hydrogen) atoms. The van der Waals surface area contributed by atoms with Gasteiger partial charge in [-0.2, -0.15) is 5.10 Å². The van der Waals surface area contributed by atoms with E-state index in [-0.39, 0.29) is 24.9 Å². The van der Waals surface area contributed by atoms with Crippen molar-refractivity contribution in [3.05, 3.63) is 59.7 Å². The maximum Gasteiger partial charge on any atom is 0.310 e. The predicted molar refractivity (Wildman–Crippen MR) is 113 cm³/mol. The van der Waals surface area contributed by atoms with E-state index in [1.165, 1.54) is 31.0 Å². The second-order valence-electron chi connectivity index (χ2n) is 6.55. The van der Waals surface area contributed by atoms with Crippen LogP contribution in [0.4, 0.5) is 0 Å². The lowest BCUT2D eigenvalue weighted by molar-refractivity contribution is -0.134. The molecule has 0 bridgehead atoms. The highest BCUT2D eigenvalue weighted by Crippen LogP contribution is 2.16. The molecule has 154 valence electrons. The fraction of sp³-hybridized carbons (Fsp3) is 0.348. The van der Waals surface area contributed by atoms with Gasteiger partial charge in [-0.05, 0) is 42.7 Å². The summed E-state index contributed by atoms with van der Waals surface area (Å²) in [7, 11) is 0. The summed E-state index contributed by atoms with van der Waals surface area (Å²) in [4.78, 5) is 23.4. The fourth-order valence-corrected chi connectivity index (χ4v) is 2.56. The van der Waals surface area contributed by atoms with Gasteiger partial charge in [0, 0.05) is 12.0 Å². The van der Waals surface area contributed by atoms with Crippen molar-refractivity contribution >= 4 is 18.1 Å². The average Bonchev–Trinajstić information content (AvgIpc) is 2.74. The van der Waals surface area contributed by atoms with E-state index in [4.69, 9.17) is 9.47 Å². The van der Waals surface area contributed by atoms with Gasteiger partial charge in [-0.3, -0.25) is 9.59 Å². The van der Waals surface area contributed by atoms with Gasteiger partial charge in [0.25, 0.3) is 5.91 Å². The topological polar surface area (TPSA) is 77.0 Å². The molecule has 0 aliphatic heterocycles. The zero-order chi connectivity index (χ0) is 20.9. The number of carbonyl (C=O) groups is 2. The van der Waals surface area contributed by atoms with Crippen molar-refractivity contribution < 1.29 is 19.1 Å². The number of amides is 1. The summed E-state index contributed by atoms with van der Waals surface area (Å²) in [5.74, 6) is 0.323. The SMILES string of the molecule is CCCCCc1ccc(OCC(=O)N/N=C/c2ccccc2OC(=O)CC)cc1. The number of nitrogens with one attached hydrogen (secondary N) is 1. The van der Waals surface area contributed by atoms with E-state index >= 15 is 0 Å². The number of hydrogen-bond donors (Lipinski definition) is 1. The molecule has 0 fully saturated rings. The number of nitrogens with zero attached hydrogens (tertiary/aromatic N) is 1. The Labute approximate surface area is 171 Å². The van der Waals surface area contributed by atoms with E-state index < -0.39 is 0 Å². The highest BCUT2D eigenvalue weighted by atomic mass is 16.5. The number of hydrazone groups is 1. The summed E-state index contributed by atoms with van der Waals surface area (Å²) in [5.41, 5.74) is 4.26. The van der Waals surface area contributed by atoms with Crippen LogP contribution in [0.3, 0.4) is 0 Å². The van der Waals surface area contributed by atoms with E-state index in [9.17, 15) is 9.59 Å². The number of para-hydroxylation sites is 1. The van der Waals surface area contributed by atoms with Crippen molar-refractivity contribution in [2.45, 2.75) is 46.0 Å². The molecule has 6 heteroatoms. The van der Waals surface area contributed by atoms with Crippen molar-refractivity contribution in [3.63, 3.8) is 0 Å². The van der Waals surface area contributed by atoms with Gasteiger partial charge in [0.1, 0.15) is 11.5 Å². The largest absolute Gasteiger partial charge is 0.484 e. The summed E-state index contributed by atoms with van der Waals surface area (Å²) >= 11 is 0. The van der Waals surface area contributed by atoms with Crippen LogP contribution in [-0.2, 0) is 16.0 Å². The smallest absolute Gasteiger partial charge is 0.310 e. The molecule has 0 unspecified atom stereocenters. The minimum atomic E-state index is -0.378. The first kappa shape index (κ1) is 22.1. The molecule has 2 aromatic rings. The summed E-state index contributed by atoms with van der Waals surface area (Å²) in [6, 6.07) is 14.8. The highest BCUT2D eigenvalue weighted by Gasteiger charge is 2.06. The van der Waals surface area contributed by atoms with Gasteiger partial charge in [0.05, 0.1) is 6.21 Å². The normalized spacial score (nSPS) is 10.7. The third kappa shape index (κ3) is 8.17. The molecule has 0 heterocycles. The van der Waals surface area contributed by atoms with Crippen LogP contribution < -0.4 is 14.9 Å². The molecule has 0 saturated heterocycles. The summed E-state index contributed by atoms with van der Waals surface area (Å²) < 4.78 is 10.7. The minimum absolute atomic E-state index is 0.140. The molecule has 6 nitrogen and oxygen atoms in total. The van der Waals surface area contributed by atoms with E-state index in [0.29, 0.717) is 17.1 Å². The lowest BCUT2D eigenvalue weighted by Gasteiger charge is -2.07. The number of benzene rings is 2. The zero-order valence-corrected chi connectivity index (χ0v) is 17.0. The lowest BCUT2D eigenvalue weighted by Crippen LogP contribution is -2.24. The molecule has 0 aliphatic rings. The molecule has 1 N–H and O–H groups in total. The number of carbonyl (C=O) groups excluding carboxylic acids is 2. The number of aryl methyl sites for hydroxylation is 1. The first-order valence-electron chi connectivity index (χ1n) is 9.95. The van der Waals surface area contributed by atoms with Gasteiger partial charge in [-0.1, -0.05) is 51.0 Å². The molecule has 0 atom stereocenters. The summed E-state index contributed by atoms with van der Waals surface area (Å²) in [6.07, 6.45) is 6.37. The maximum atomic E-state index is 11.9. The summed E-state index contributed by atoms with van der Waals surface area (Å²) in [5, 5.41) is 3.91. The molecular formula is C23H28N2O4. The van der Waals surface area contributed by atoms with Crippen molar-refractivity contribution in [2.24, 2.45) is 5.10 Å². The van der Waals surface area contributed by atoms with Crippen LogP contribution in [-0.4, -0.2) is 24.7 Å². The van der Waals surface area contributed by atoms with Crippen molar-refractivity contribution in [1.82, 2.24) is 5.43 Å². The molecule has 2 aromatic carbocycles. The first-order chi connectivity index (χ1) is 14.1. The molecule has 0 saturated carbocycles. The Hall–Kier alpha value is -3.15. The molecule has 0 radical (unpaired) electrons. The van der Waals surface area contributed by atoms with Crippen LogP contribution in [0.1, 0.15) is 50.7 Å². The van der Waals surface area contributed by atoms with Crippen LogP contribution >= 0.6 is 0 Å². The first-order valence-corrected chi connectivity index (χ1v) is 9.95. The molecule has 0 aliphatic carbocycles. The quantitative estimate of drug-likeness (QED) is 0.202. The van der Waals surface area contributed by atoms with Crippen LogP contribution in [0.25, 0.3) is 0 Å². The van der Waals surface area contributed by atoms with Crippen molar-refractivity contribution in [2.75, 3.05) is 6.61 Å². The third-order valence-corrected chi connectivity index (χ3v) is 4.19. The van der Waals surface area contributed by atoms with Gasteiger partial charge in [0.15, 0.2) is 6.61 Å². The average molecular weight is 396 g/mol. The van der Waals surface area contributed by atoms with E-state index in [1.54, 1.807) is 31.2 Å². The van der Waals surface area contributed by atoms with Crippen LogP contribution in [0.15, 0.2) is 53.6 Å². The number of ether oxygens (including phenoxy) is 2. The second kappa shape index (κ2) is 12.3. The lowest BCUT2D eigenvalue weighted by atomic mass is 10.1. The van der Waals surface area contributed by atoms with Gasteiger partial charge in [0.2, 0.25) is 0 Å². The third-order valence-electron chi connectivity index (χ3n) is 4.19. The number of unbranched alkanes of at least 4 members (excludes halogenated alkanes) is 2. The van der Waals surface area contributed by atoms with Gasteiger partial charge < -0.3 is 9.47 Å². The fourth-order valence-electron chi connectivity index (χ4n) is 2.56. The Balaban J connectivity index is 1.79. The monoisotopic (exact) mass is 396 g/mol. The van der Waals surface area contributed by atoms with Crippen molar-refractivity contribution in [3.8, 4) is 11.5 Å². The van der Waals surface area contributed by atoms with Gasteiger partial charge in [-0.15, -0.1) is 0 Å². The highest BCUT2D eigenvalue weighted by molar-refractivity contribution is 5.87. The Morgan fingerprint density at radius 3 is 2.52 bits per heavy atom. The van der Waals surface area contributed by atoms with Gasteiger partial charge in [-0.25, -0.2) is 5.43 Å². The molecule has 2 rings (SSSR count). The Morgan fingerprint density at radius 2 is 1.79 bits per heavy atom. The maximum absolute atomic E-state index is 11.9. The van der Waals surface area contributed by atoms with E-state index in [2.05, 4.69) is 17.5 Å². The Morgan fingerprint density at radius 1 is 1.03 bits per heavy atom. The molecular weight excluding hydrogens is 368 g/mol. The van der Waals surface area contributed by atoms with Crippen LogP contribution in [0.5, 0.6) is 11.5 Å². The predicted octanol–water partition coefficient (Wildman–Crippen LogP) is 4.26. The van der Waals surface area contributed by atoms with Gasteiger partial charge >= 0.3 is 5.97 Å². The standard InChI is InChI=1S/C23H28N2O4/c1-3-5-6-9-18-12-14-20(15-13-18)28-17-22(26)25-24-16-19-10-7-8-11-21(19)29-23(27)4-2/h7-8,10-16H,3-6,9,17H2,1-2H3,(H,25,26)/b24-16+. The van der Waals surface area contributed by atoms with Crippen LogP contribution in [0.2, 0.25) is 0 Å². The van der Waals surface area contributed by atoms with E-state index in [1.807, 2.05) is 24.3 Å². The second-order valence-corrected chi connectivity index (χ2v) is 6.55. The zero-order valence-electron chi connectivity index (χ0n) is 17.0. The Kier molecular flexibility index (Phi) is 9.42. The van der Waals surface area contributed by atoms with E-state index in [0.717, 1.165) is 6.42 Å². The van der Waals surface area contributed by atoms with Crippen molar-refractivity contribution in [1.29, 1.82) is 0 Å².